The Hall–Kier alpha value is -10.7. The molecule has 0 spiro atoms. The Bertz CT molecular complexity index is 4430. The first-order chi connectivity index (χ1) is 36.5. The Morgan fingerprint density at radius 3 is 1.23 bits per heavy atom. The van der Waals surface area contributed by atoms with Crippen LogP contribution < -0.4 is 0 Å². The summed E-state index contributed by atoms with van der Waals surface area (Å²) < 4.78 is 4.58. The molecule has 10 aromatic carbocycles. The fourth-order valence-corrected chi connectivity index (χ4v) is 10.4. The van der Waals surface area contributed by atoms with Gasteiger partial charge in [0.15, 0.2) is 17.5 Å². The second-order valence-corrected chi connectivity index (χ2v) is 18.1. The molecule has 0 saturated carbocycles. The van der Waals surface area contributed by atoms with Gasteiger partial charge in [0, 0.05) is 49.4 Å². The molecule has 3 heterocycles. The number of benzene rings is 10. The SMILES string of the molecule is N#Cc1ccc(-c2ccc3c(c2)c2ccccc2n3-c2ccc(-c3nc(-c4ccccc4)nc(-c4ccccc4)n3)cc2-c2c(C#N)cccc2-n2c3ccccc3c3cc(-c4ccc(C#N)cc4)ccc32)cc1. The number of hydrogen-bond acceptors (Lipinski definition) is 6. The maximum Gasteiger partial charge on any atom is 0.164 e. The highest BCUT2D eigenvalue weighted by atomic mass is 15.0. The number of hydrogen-bond donors (Lipinski definition) is 0. The minimum atomic E-state index is 0.489. The van der Waals surface area contributed by atoms with Crippen LogP contribution in [0.2, 0.25) is 0 Å². The van der Waals surface area contributed by atoms with E-state index < -0.39 is 0 Å². The van der Waals surface area contributed by atoms with Gasteiger partial charge >= 0.3 is 0 Å². The zero-order valence-corrected chi connectivity index (χ0v) is 39.5. The van der Waals surface area contributed by atoms with Crippen molar-refractivity contribution in [2.75, 3.05) is 0 Å². The van der Waals surface area contributed by atoms with E-state index in [2.05, 4.69) is 137 Å². The summed E-state index contributed by atoms with van der Waals surface area (Å²) in [7, 11) is 0. The molecule has 0 fully saturated rings. The van der Waals surface area contributed by atoms with Crippen molar-refractivity contribution in [3.05, 3.63) is 247 Å². The predicted molar refractivity (Wildman–Crippen MR) is 295 cm³/mol. The van der Waals surface area contributed by atoms with E-state index in [4.69, 9.17) is 15.0 Å². The van der Waals surface area contributed by atoms with Gasteiger partial charge in [-0.2, -0.15) is 15.8 Å². The number of para-hydroxylation sites is 2. The Kier molecular flexibility index (Phi) is 10.5. The molecule has 13 rings (SSSR count). The van der Waals surface area contributed by atoms with Crippen LogP contribution in [0.25, 0.3) is 123 Å². The largest absolute Gasteiger partial charge is 0.309 e. The summed E-state index contributed by atoms with van der Waals surface area (Å²) in [4.78, 5) is 15.4. The van der Waals surface area contributed by atoms with Crippen molar-refractivity contribution in [3.63, 3.8) is 0 Å². The summed E-state index contributed by atoms with van der Waals surface area (Å²) in [5.74, 6) is 1.58. The van der Waals surface area contributed by atoms with Crippen molar-refractivity contribution in [1.29, 1.82) is 15.8 Å². The number of rotatable bonds is 8. The van der Waals surface area contributed by atoms with Crippen LogP contribution in [0.5, 0.6) is 0 Å². The molecule has 0 N–H and O–H groups in total. The quantitative estimate of drug-likeness (QED) is 0.150. The van der Waals surface area contributed by atoms with Crippen molar-refractivity contribution in [2.24, 2.45) is 0 Å². The van der Waals surface area contributed by atoms with Crippen LogP contribution in [0.15, 0.2) is 231 Å². The monoisotopic (exact) mass is 942 g/mol. The molecule has 0 aliphatic carbocycles. The summed E-state index contributed by atoms with van der Waals surface area (Å²) in [6.07, 6.45) is 0. The van der Waals surface area contributed by atoms with E-state index >= 15 is 0 Å². The number of nitrogens with zero attached hydrogens (tertiary/aromatic N) is 8. The van der Waals surface area contributed by atoms with Gasteiger partial charge in [-0.15, -0.1) is 0 Å². The van der Waals surface area contributed by atoms with Gasteiger partial charge < -0.3 is 9.13 Å². The zero-order chi connectivity index (χ0) is 49.7. The minimum absolute atomic E-state index is 0.489. The summed E-state index contributed by atoms with van der Waals surface area (Å²) in [6, 6.07) is 84.5. The maximum absolute atomic E-state index is 11.3. The van der Waals surface area contributed by atoms with Crippen LogP contribution in [-0.2, 0) is 0 Å². The Labute approximate surface area is 425 Å². The molecule has 0 radical (unpaired) electrons. The summed E-state index contributed by atoms with van der Waals surface area (Å²) in [6.45, 7) is 0. The summed E-state index contributed by atoms with van der Waals surface area (Å²) >= 11 is 0. The molecule has 0 saturated heterocycles. The highest BCUT2D eigenvalue weighted by Crippen LogP contribution is 2.44. The van der Waals surface area contributed by atoms with Gasteiger partial charge in [-0.05, 0) is 113 Å². The smallest absolute Gasteiger partial charge is 0.164 e. The summed E-state index contributed by atoms with van der Waals surface area (Å²) in [5.41, 5.74) is 15.4. The minimum Gasteiger partial charge on any atom is -0.309 e. The van der Waals surface area contributed by atoms with E-state index in [1.165, 1.54) is 0 Å². The molecule has 3 aromatic heterocycles. The van der Waals surface area contributed by atoms with Crippen LogP contribution in [0, 0.1) is 34.0 Å². The highest BCUT2D eigenvalue weighted by molar-refractivity contribution is 6.13. The van der Waals surface area contributed by atoms with E-state index in [-0.39, 0.29) is 0 Å². The van der Waals surface area contributed by atoms with Crippen LogP contribution in [0.4, 0.5) is 0 Å². The lowest BCUT2D eigenvalue weighted by Crippen LogP contribution is -2.05. The van der Waals surface area contributed by atoms with Gasteiger partial charge in [-0.3, -0.25) is 0 Å². The van der Waals surface area contributed by atoms with Gasteiger partial charge in [-0.1, -0.05) is 140 Å². The molecule has 0 atom stereocenters. The molecule has 13 aromatic rings. The number of aromatic nitrogens is 5. The van der Waals surface area contributed by atoms with E-state index in [1.807, 2.05) is 121 Å². The zero-order valence-electron chi connectivity index (χ0n) is 39.5. The van der Waals surface area contributed by atoms with Crippen LogP contribution in [0.1, 0.15) is 16.7 Å². The van der Waals surface area contributed by atoms with Crippen LogP contribution >= 0.6 is 0 Å². The molecule has 0 amide bonds. The molecule has 0 unspecified atom stereocenters. The first-order valence-electron chi connectivity index (χ1n) is 24.2. The molecule has 0 bridgehead atoms. The van der Waals surface area contributed by atoms with Gasteiger partial charge in [0.25, 0.3) is 0 Å². The molecule has 8 heteroatoms. The topological polar surface area (TPSA) is 120 Å². The molecule has 0 aliphatic rings. The van der Waals surface area contributed by atoms with E-state index in [1.54, 1.807) is 0 Å². The molecule has 0 aliphatic heterocycles. The maximum atomic E-state index is 11.3. The third kappa shape index (κ3) is 7.33. The van der Waals surface area contributed by atoms with Gasteiger partial charge in [-0.25, -0.2) is 15.0 Å². The average molecular weight is 943 g/mol. The number of fused-ring (bicyclic) bond motifs is 6. The Morgan fingerprint density at radius 1 is 0.297 bits per heavy atom. The lowest BCUT2D eigenvalue weighted by molar-refractivity contribution is 1.07. The van der Waals surface area contributed by atoms with Crippen molar-refractivity contribution >= 4 is 43.6 Å². The second-order valence-electron chi connectivity index (χ2n) is 18.1. The molecule has 74 heavy (non-hydrogen) atoms. The van der Waals surface area contributed by atoms with E-state index in [9.17, 15) is 15.8 Å². The van der Waals surface area contributed by atoms with Crippen LogP contribution in [0.3, 0.4) is 0 Å². The van der Waals surface area contributed by atoms with Crippen molar-refractivity contribution in [3.8, 4) is 97.1 Å². The van der Waals surface area contributed by atoms with Gasteiger partial charge in [0.05, 0.1) is 68.3 Å². The molecule has 342 valence electrons. The van der Waals surface area contributed by atoms with Gasteiger partial charge in [0.1, 0.15) is 0 Å². The predicted octanol–water partition coefficient (Wildman–Crippen LogP) is 15.7. The molecule has 8 nitrogen and oxygen atoms in total. The van der Waals surface area contributed by atoms with E-state index in [0.717, 1.165) is 105 Å². The third-order valence-corrected chi connectivity index (χ3v) is 13.9. The first kappa shape index (κ1) is 43.3. The highest BCUT2D eigenvalue weighted by Gasteiger charge is 2.25. The standard InChI is InChI=1S/C66H38N8/c67-39-42-22-26-44(27-23-42)48-30-33-59-54(36-48)52-17-7-9-19-57(52)73(59)61-35-32-50(66-71-64(46-12-3-1-4-13-46)70-65(72-66)47-14-5-2-6-15-47)38-56(61)63-51(41-69)16-11-21-62(63)74-58-20-10-8-18-53(58)55-37-49(31-34-60(55)74)45-28-24-43(40-68)25-29-45/h1-38H. The van der Waals surface area contributed by atoms with Crippen molar-refractivity contribution in [1.82, 2.24) is 24.1 Å². The lowest BCUT2D eigenvalue weighted by Gasteiger charge is -2.20. The van der Waals surface area contributed by atoms with Crippen molar-refractivity contribution in [2.45, 2.75) is 0 Å². The van der Waals surface area contributed by atoms with Crippen LogP contribution in [-0.4, -0.2) is 24.1 Å². The third-order valence-electron chi connectivity index (χ3n) is 13.9. The average Bonchev–Trinajstić information content (AvgIpc) is 3.99. The van der Waals surface area contributed by atoms with E-state index in [0.29, 0.717) is 34.2 Å². The van der Waals surface area contributed by atoms with Gasteiger partial charge in [0.2, 0.25) is 0 Å². The fraction of sp³-hybridized carbons (Fsp3) is 0. The second kappa shape index (κ2) is 17.9. The normalized spacial score (nSPS) is 11.2. The Morgan fingerprint density at radius 2 is 0.730 bits per heavy atom. The van der Waals surface area contributed by atoms with Crippen molar-refractivity contribution < 1.29 is 0 Å². The first-order valence-corrected chi connectivity index (χ1v) is 24.2. The summed E-state index contributed by atoms with van der Waals surface area (Å²) in [5, 5.41) is 34.7. The Balaban J connectivity index is 1.10. The molecular formula is C66H38N8. The fourth-order valence-electron chi connectivity index (χ4n) is 10.4. The number of nitriles is 3. The lowest BCUT2D eigenvalue weighted by atomic mass is 9.94. The molecular weight excluding hydrogens is 905 g/mol.